The second kappa shape index (κ2) is 6.80. The van der Waals surface area contributed by atoms with Gasteiger partial charge in [-0.25, -0.2) is 0 Å². The van der Waals surface area contributed by atoms with Gasteiger partial charge < -0.3 is 14.4 Å². The monoisotopic (exact) mass is 349 g/mol. The summed E-state index contributed by atoms with van der Waals surface area (Å²) in [5, 5.41) is 14.9. The van der Waals surface area contributed by atoms with Gasteiger partial charge in [-0.3, -0.25) is 4.90 Å². The number of nitrogens with zero attached hydrogens (tertiary/aromatic N) is 3. The standard InChI is InChI=1S/C17H20ClN3O3/c18-13-3-1-2-12(6-13)15(22)9-21-7-14(8-21)23-10-16-19-17(20-24-16)11-4-5-11/h1-3,6,11,14-15,22H,4-5,7-10H2. The molecule has 1 aromatic carbocycles. The average Bonchev–Trinajstić information content (AvgIpc) is 3.28. The first-order valence-electron chi connectivity index (χ1n) is 8.27. The Morgan fingerprint density at radius 2 is 2.21 bits per heavy atom. The third kappa shape index (κ3) is 3.78. The van der Waals surface area contributed by atoms with Crippen molar-refractivity contribution < 1.29 is 14.4 Å². The molecule has 2 aliphatic rings. The van der Waals surface area contributed by atoms with Gasteiger partial charge in [-0.2, -0.15) is 4.98 Å². The van der Waals surface area contributed by atoms with E-state index in [1.807, 2.05) is 12.1 Å². The Bertz CT molecular complexity index is 698. The summed E-state index contributed by atoms with van der Waals surface area (Å²) in [5.41, 5.74) is 0.838. The molecule has 1 saturated carbocycles. The summed E-state index contributed by atoms with van der Waals surface area (Å²) in [5.74, 6) is 1.86. The molecule has 24 heavy (non-hydrogen) atoms. The Morgan fingerprint density at radius 3 is 2.96 bits per heavy atom. The van der Waals surface area contributed by atoms with E-state index < -0.39 is 6.10 Å². The van der Waals surface area contributed by atoms with Crippen LogP contribution in [0.1, 0.15) is 42.1 Å². The molecular formula is C17H20ClN3O3. The highest BCUT2D eigenvalue weighted by Gasteiger charge is 2.31. The van der Waals surface area contributed by atoms with E-state index >= 15 is 0 Å². The van der Waals surface area contributed by atoms with E-state index in [9.17, 15) is 5.11 Å². The second-order valence-electron chi connectivity index (χ2n) is 6.54. The van der Waals surface area contributed by atoms with Crippen molar-refractivity contribution in [2.75, 3.05) is 19.6 Å². The third-order valence-electron chi connectivity index (χ3n) is 4.46. The minimum atomic E-state index is -0.540. The molecule has 1 saturated heterocycles. The maximum atomic E-state index is 10.3. The Labute approximate surface area is 145 Å². The molecule has 1 atom stereocenters. The number of rotatable bonds is 7. The van der Waals surface area contributed by atoms with Crippen LogP contribution < -0.4 is 0 Å². The van der Waals surface area contributed by atoms with Crippen LogP contribution in [0.4, 0.5) is 0 Å². The summed E-state index contributed by atoms with van der Waals surface area (Å²) >= 11 is 5.96. The van der Waals surface area contributed by atoms with Crippen molar-refractivity contribution in [2.45, 2.75) is 37.6 Å². The molecule has 0 bridgehead atoms. The number of aliphatic hydroxyl groups excluding tert-OH is 1. The van der Waals surface area contributed by atoms with Crippen LogP contribution >= 0.6 is 11.6 Å². The zero-order valence-electron chi connectivity index (χ0n) is 13.3. The first-order valence-corrected chi connectivity index (χ1v) is 8.65. The topological polar surface area (TPSA) is 71.6 Å². The van der Waals surface area contributed by atoms with E-state index in [1.54, 1.807) is 12.1 Å². The summed E-state index contributed by atoms with van der Waals surface area (Å²) in [6, 6.07) is 7.34. The molecule has 2 aromatic rings. The minimum Gasteiger partial charge on any atom is -0.387 e. The molecule has 1 unspecified atom stereocenters. The fourth-order valence-electron chi connectivity index (χ4n) is 2.86. The number of aromatic nitrogens is 2. The van der Waals surface area contributed by atoms with Gasteiger partial charge in [0.2, 0.25) is 0 Å². The van der Waals surface area contributed by atoms with Crippen LogP contribution in [0.15, 0.2) is 28.8 Å². The fraction of sp³-hybridized carbons (Fsp3) is 0.529. The van der Waals surface area contributed by atoms with E-state index in [0.717, 1.165) is 37.3 Å². The Balaban J connectivity index is 1.19. The highest BCUT2D eigenvalue weighted by molar-refractivity contribution is 6.30. The number of halogens is 1. The predicted molar refractivity (Wildman–Crippen MR) is 87.7 cm³/mol. The molecule has 1 aromatic heterocycles. The van der Waals surface area contributed by atoms with E-state index in [0.29, 0.717) is 30.0 Å². The van der Waals surface area contributed by atoms with Crippen LogP contribution in [-0.2, 0) is 11.3 Å². The van der Waals surface area contributed by atoms with Crippen molar-refractivity contribution in [3.63, 3.8) is 0 Å². The van der Waals surface area contributed by atoms with Crippen molar-refractivity contribution in [3.8, 4) is 0 Å². The number of likely N-dealkylation sites (tertiary alicyclic amines) is 1. The van der Waals surface area contributed by atoms with Crippen molar-refractivity contribution in [1.82, 2.24) is 15.0 Å². The third-order valence-corrected chi connectivity index (χ3v) is 4.69. The number of benzene rings is 1. The maximum Gasteiger partial charge on any atom is 0.252 e. The number of hydrogen-bond donors (Lipinski definition) is 1. The lowest BCUT2D eigenvalue weighted by molar-refractivity contribution is -0.0799. The SMILES string of the molecule is OC(CN1CC(OCc2nc(C3CC3)no2)C1)c1cccc(Cl)c1. The van der Waals surface area contributed by atoms with Crippen molar-refractivity contribution in [3.05, 3.63) is 46.6 Å². The molecule has 0 spiro atoms. The van der Waals surface area contributed by atoms with Crippen LogP contribution in [0, 0.1) is 0 Å². The van der Waals surface area contributed by atoms with Gasteiger partial charge in [0.25, 0.3) is 5.89 Å². The van der Waals surface area contributed by atoms with Crippen molar-refractivity contribution in [2.24, 2.45) is 0 Å². The molecule has 128 valence electrons. The number of β-amino-alcohol motifs (C(OH)–C–C–N with tert-alkyl or cyclic N) is 1. The van der Waals surface area contributed by atoms with E-state index in [4.69, 9.17) is 20.9 Å². The first-order chi connectivity index (χ1) is 11.7. The molecular weight excluding hydrogens is 330 g/mol. The summed E-state index contributed by atoms with van der Waals surface area (Å²) in [4.78, 5) is 6.50. The Morgan fingerprint density at radius 1 is 1.38 bits per heavy atom. The van der Waals surface area contributed by atoms with E-state index in [2.05, 4.69) is 15.0 Å². The highest BCUT2D eigenvalue weighted by atomic mass is 35.5. The molecule has 2 heterocycles. The van der Waals surface area contributed by atoms with Gasteiger partial charge in [0.15, 0.2) is 5.82 Å². The number of hydrogen-bond acceptors (Lipinski definition) is 6. The maximum absolute atomic E-state index is 10.3. The first kappa shape index (κ1) is 16.0. The molecule has 1 N–H and O–H groups in total. The van der Waals surface area contributed by atoms with Gasteiger partial charge >= 0.3 is 0 Å². The summed E-state index contributed by atoms with van der Waals surface area (Å²) in [6.45, 7) is 2.52. The highest BCUT2D eigenvalue weighted by Crippen LogP contribution is 2.38. The second-order valence-corrected chi connectivity index (χ2v) is 6.98. The minimum absolute atomic E-state index is 0.146. The molecule has 6 nitrogen and oxygen atoms in total. The lowest BCUT2D eigenvalue weighted by atomic mass is 10.1. The molecule has 0 amide bonds. The summed E-state index contributed by atoms with van der Waals surface area (Å²) in [7, 11) is 0. The molecule has 1 aliphatic carbocycles. The molecule has 7 heteroatoms. The molecule has 1 aliphatic heterocycles. The van der Waals surface area contributed by atoms with Crippen molar-refractivity contribution >= 4 is 11.6 Å². The van der Waals surface area contributed by atoms with Gasteiger partial charge in [-0.1, -0.05) is 28.9 Å². The molecule has 4 rings (SSSR count). The van der Waals surface area contributed by atoms with Gasteiger partial charge in [-0.05, 0) is 30.5 Å². The van der Waals surface area contributed by atoms with Crippen LogP contribution in [0.3, 0.4) is 0 Å². The zero-order chi connectivity index (χ0) is 16.5. The van der Waals surface area contributed by atoms with Crippen LogP contribution in [0.5, 0.6) is 0 Å². The normalized spacial score (nSPS) is 20.1. The Kier molecular flexibility index (Phi) is 4.54. The number of aliphatic hydroxyl groups is 1. The van der Waals surface area contributed by atoms with Crippen LogP contribution in [-0.4, -0.2) is 45.9 Å². The average molecular weight is 350 g/mol. The van der Waals surface area contributed by atoms with Gasteiger partial charge in [0.1, 0.15) is 6.61 Å². The lowest BCUT2D eigenvalue weighted by Crippen LogP contribution is -2.53. The van der Waals surface area contributed by atoms with Crippen LogP contribution in [0.25, 0.3) is 0 Å². The van der Waals surface area contributed by atoms with Crippen LogP contribution in [0.2, 0.25) is 5.02 Å². The smallest absolute Gasteiger partial charge is 0.252 e. The van der Waals surface area contributed by atoms with Gasteiger partial charge in [-0.15, -0.1) is 0 Å². The van der Waals surface area contributed by atoms with Gasteiger partial charge in [0.05, 0.1) is 12.2 Å². The number of ether oxygens (including phenoxy) is 1. The molecule has 2 fully saturated rings. The largest absolute Gasteiger partial charge is 0.387 e. The fourth-order valence-corrected chi connectivity index (χ4v) is 3.06. The van der Waals surface area contributed by atoms with E-state index in [1.165, 1.54) is 0 Å². The zero-order valence-corrected chi connectivity index (χ0v) is 14.0. The Hall–Kier alpha value is -1.47. The van der Waals surface area contributed by atoms with Gasteiger partial charge in [0, 0.05) is 30.6 Å². The van der Waals surface area contributed by atoms with Crippen molar-refractivity contribution in [1.29, 1.82) is 0 Å². The summed E-state index contributed by atoms with van der Waals surface area (Å²) < 4.78 is 11.0. The lowest BCUT2D eigenvalue weighted by Gasteiger charge is -2.39. The molecule has 0 radical (unpaired) electrons. The quantitative estimate of drug-likeness (QED) is 0.828. The summed E-state index contributed by atoms with van der Waals surface area (Å²) in [6.07, 6.45) is 1.92. The van der Waals surface area contributed by atoms with E-state index in [-0.39, 0.29) is 6.10 Å². The predicted octanol–water partition coefficient (Wildman–Crippen LogP) is 2.53.